The van der Waals surface area contributed by atoms with Crippen molar-refractivity contribution in [3.8, 4) is 0 Å². The van der Waals surface area contributed by atoms with Crippen molar-refractivity contribution in [3.05, 3.63) is 52.9 Å². The van der Waals surface area contributed by atoms with E-state index in [1.54, 1.807) is 17.9 Å². The van der Waals surface area contributed by atoms with E-state index in [2.05, 4.69) is 5.16 Å². The molecule has 6 heteroatoms. The van der Waals surface area contributed by atoms with E-state index in [-0.39, 0.29) is 11.6 Å². The number of amides is 1. The van der Waals surface area contributed by atoms with Crippen LogP contribution in [0.25, 0.3) is 0 Å². The van der Waals surface area contributed by atoms with Crippen LogP contribution in [0.1, 0.15) is 40.7 Å². The van der Waals surface area contributed by atoms with Crippen molar-refractivity contribution in [1.29, 1.82) is 0 Å². The normalized spacial score (nSPS) is 18.2. The Morgan fingerprint density at radius 1 is 1.29 bits per heavy atom. The zero-order valence-corrected chi connectivity index (χ0v) is 11.5. The van der Waals surface area contributed by atoms with Crippen LogP contribution in [0.3, 0.4) is 0 Å². The highest BCUT2D eigenvalue weighted by atomic mass is 19.1. The first kappa shape index (κ1) is 13.7. The molecule has 21 heavy (non-hydrogen) atoms. The molecule has 1 aromatic heterocycles. The average molecular weight is 292 g/mol. The number of hydrogen-bond acceptors (Lipinski definition) is 3. The van der Waals surface area contributed by atoms with Gasteiger partial charge in [-0.3, -0.25) is 4.79 Å². The van der Waals surface area contributed by atoms with Gasteiger partial charge in [-0.2, -0.15) is 0 Å². The Bertz CT molecular complexity index is 664. The second-order valence-electron chi connectivity index (χ2n) is 5.19. The average Bonchev–Trinajstić information content (AvgIpc) is 3.04. The molecule has 0 spiro atoms. The van der Waals surface area contributed by atoms with Crippen molar-refractivity contribution in [2.45, 2.75) is 25.8 Å². The lowest BCUT2D eigenvalue weighted by atomic mass is 10.1. The quantitative estimate of drug-likeness (QED) is 0.853. The second kappa shape index (κ2) is 5.27. The molecule has 4 nitrogen and oxygen atoms in total. The largest absolute Gasteiger partial charge is 0.359 e. The monoisotopic (exact) mass is 292 g/mol. The van der Waals surface area contributed by atoms with E-state index >= 15 is 0 Å². The molecule has 110 valence electrons. The van der Waals surface area contributed by atoms with E-state index < -0.39 is 17.5 Å². The molecule has 1 atom stereocenters. The van der Waals surface area contributed by atoms with E-state index in [1.165, 1.54) is 0 Å². The van der Waals surface area contributed by atoms with Crippen LogP contribution in [0, 0.1) is 18.6 Å². The molecule has 1 amide bonds. The summed E-state index contributed by atoms with van der Waals surface area (Å²) in [6.07, 6.45) is 1.56. The van der Waals surface area contributed by atoms with Crippen LogP contribution >= 0.6 is 0 Å². The molecule has 1 unspecified atom stereocenters. The summed E-state index contributed by atoms with van der Waals surface area (Å²) in [5.41, 5.74) is 0.747. The highest BCUT2D eigenvalue weighted by molar-refractivity contribution is 5.94. The number of benzene rings is 1. The molecule has 2 aromatic rings. The van der Waals surface area contributed by atoms with Gasteiger partial charge < -0.3 is 9.42 Å². The van der Waals surface area contributed by atoms with Gasteiger partial charge in [-0.15, -0.1) is 0 Å². The molecule has 0 aliphatic carbocycles. The Kier molecular flexibility index (Phi) is 3.45. The van der Waals surface area contributed by atoms with Crippen LogP contribution < -0.4 is 0 Å². The maximum absolute atomic E-state index is 13.3. The molecule has 3 rings (SSSR count). The van der Waals surface area contributed by atoms with Gasteiger partial charge in [0.05, 0.1) is 11.7 Å². The Balaban J connectivity index is 1.89. The number of carbonyl (C=O) groups excluding carboxylic acids is 1. The lowest BCUT2D eigenvalue weighted by Gasteiger charge is -2.22. The van der Waals surface area contributed by atoms with E-state index in [0.717, 1.165) is 36.7 Å². The first-order valence-electron chi connectivity index (χ1n) is 6.75. The van der Waals surface area contributed by atoms with Gasteiger partial charge in [0, 0.05) is 24.2 Å². The summed E-state index contributed by atoms with van der Waals surface area (Å²) in [6, 6.07) is 4.39. The Labute approximate surface area is 120 Å². The van der Waals surface area contributed by atoms with Crippen LogP contribution in [-0.2, 0) is 0 Å². The Morgan fingerprint density at radius 3 is 2.62 bits per heavy atom. The van der Waals surface area contributed by atoms with Gasteiger partial charge in [0.15, 0.2) is 5.76 Å². The predicted octanol–water partition coefficient (Wildman–Crippen LogP) is 3.24. The van der Waals surface area contributed by atoms with Crippen LogP contribution in [0.15, 0.2) is 28.8 Å². The van der Waals surface area contributed by atoms with Crippen LogP contribution in [0.2, 0.25) is 0 Å². The molecule has 0 N–H and O–H groups in total. The third-order valence-electron chi connectivity index (χ3n) is 3.60. The van der Waals surface area contributed by atoms with Gasteiger partial charge in [-0.05, 0) is 31.9 Å². The summed E-state index contributed by atoms with van der Waals surface area (Å²) in [6.45, 7) is 2.33. The first-order valence-corrected chi connectivity index (χ1v) is 6.75. The van der Waals surface area contributed by atoms with Gasteiger partial charge in [-0.1, -0.05) is 5.16 Å². The lowest BCUT2D eigenvalue weighted by molar-refractivity contribution is 0.0713. The van der Waals surface area contributed by atoms with Crippen molar-refractivity contribution in [1.82, 2.24) is 10.1 Å². The summed E-state index contributed by atoms with van der Waals surface area (Å²) in [5.74, 6) is -1.31. The Hall–Kier alpha value is -2.24. The molecule has 1 aliphatic rings. The smallest absolute Gasteiger partial charge is 0.254 e. The third kappa shape index (κ3) is 2.66. The topological polar surface area (TPSA) is 46.3 Å². The molecular formula is C15H14F2N2O2. The number of likely N-dealkylation sites (tertiary alicyclic amines) is 1. The number of aryl methyl sites for hydroxylation is 1. The Morgan fingerprint density at radius 2 is 2.00 bits per heavy atom. The fourth-order valence-corrected chi connectivity index (χ4v) is 2.69. The van der Waals surface area contributed by atoms with Crippen molar-refractivity contribution >= 4 is 5.91 Å². The number of hydrogen-bond donors (Lipinski definition) is 0. The zero-order valence-electron chi connectivity index (χ0n) is 11.5. The highest BCUT2D eigenvalue weighted by Gasteiger charge is 2.33. The summed E-state index contributed by atoms with van der Waals surface area (Å²) < 4.78 is 31.7. The summed E-state index contributed by atoms with van der Waals surface area (Å²) in [4.78, 5) is 14.0. The number of nitrogens with zero attached hydrogens (tertiary/aromatic N) is 2. The van der Waals surface area contributed by atoms with Crippen LogP contribution in [0.4, 0.5) is 8.78 Å². The zero-order chi connectivity index (χ0) is 15.0. The van der Waals surface area contributed by atoms with E-state index in [1.807, 2.05) is 0 Å². The minimum Gasteiger partial charge on any atom is -0.359 e. The highest BCUT2D eigenvalue weighted by Crippen LogP contribution is 2.33. The molecular weight excluding hydrogens is 278 g/mol. The van der Waals surface area contributed by atoms with Crippen molar-refractivity contribution < 1.29 is 18.1 Å². The molecule has 0 saturated carbocycles. The van der Waals surface area contributed by atoms with Crippen LogP contribution in [0.5, 0.6) is 0 Å². The number of halogens is 2. The number of carbonyl (C=O) groups is 1. The number of aromatic nitrogens is 1. The van der Waals surface area contributed by atoms with E-state index in [0.29, 0.717) is 12.3 Å². The standard InChI is InChI=1S/C15H14F2N2O2/c1-9-5-14(21-18-9)13-3-2-4-19(13)15(20)10-6-11(16)8-12(17)7-10/h5-8,13H,2-4H2,1H3. The van der Waals surface area contributed by atoms with Crippen LogP contribution in [-0.4, -0.2) is 22.5 Å². The fourth-order valence-electron chi connectivity index (χ4n) is 2.69. The molecule has 1 fully saturated rings. The van der Waals surface area contributed by atoms with Gasteiger partial charge >= 0.3 is 0 Å². The molecule has 1 aromatic carbocycles. The first-order chi connectivity index (χ1) is 10.0. The fraction of sp³-hybridized carbons (Fsp3) is 0.333. The summed E-state index contributed by atoms with van der Waals surface area (Å²) >= 11 is 0. The molecule has 0 radical (unpaired) electrons. The molecule has 1 aliphatic heterocycles. The van der Waals surface area contributed by atoms with Crippen molar-refractivity contribution in [3.63, 3.8) is 0 Å². The predicted molar refractivity (Wildman–Crippen MR) is 70.6 cm³/mol. The van der Waals surface area contributed by atoms with Gasteiger partial charge in [0.2, 0.25) is 0 Å². The minimum absolute atomic E-state index is 0.00985. The minimum atomic E-state index is -0.760. The lowest BCUT2D eigenvalue weighted by Crippen LogP contribution is -2.30. The molecule has 1 saturated heterocycles. The SMILES string of the molecule is Cc1cc(C2CCCN2C(=O)c2cc(F)cc(F)c2)on1. The van der Waals surface area contributed by atoms with Gasteiger partial charge in [-0.25, -0.2) is 8.78 Å². The maximum atomic E-state index is 13.3. The van der Waals surface area contributed by atoms with Crippen molar-refractivity contribution in [2.75, 3.05) is 6.54 Å². The molecule has 2 heterocycles. The van der Waals surface area contributed by atoms with E-state index in [9.17, 15) is 13.6 Å². The second-order valence-corrected chi connectivity index (χ2v) is 5.19. The van der Waals surface area contributed by atoms with Gasteiger partial charge in [0.1, 0.15) is 11.6 Å². The summed E-state index contributed by atoms with van der Waals surface area (Å²) in [5, 5.41) is 3.82. The van der Waals surface area contributed by atoms with E-state index in [4.69, 9.17) is 4.52 Å². The third-order valence-corrected chi connectivity index (χ3v) is 3.60. The summed E-state index contributed by atoms with van der Waals surface area (Å²) in [7, 11) is 0. The molecule has 0 bridgehead atoms. The number of rotatable bonds is 2. The van der Waals surface area contributed by atoms with Gasteiger partial charge in [0.25, 0.3) is 5.91 Å². The maximum Gasteiger partial charge on any atom is 0.254 e. The van der Waals surface area contributed by atoms with Crippen molar-refractivity contribution in [2.24, 2.45) is 0 Å².